The summed E-state index contributed by atoms with van der Waals surface area (Å²) in [6.45, 7) is 0. The average molecular weight is 130 g/mol. The molecular formula is C8H6N2. The van der Waals surface area contributed by atoms with Crippen LogP contribution < -0.4 is 0 Å². The van der Waals surface area contributed by atoms with Crippen molar-refractivity contribution in [3.63, 3.8) is 0 Å². The molecule has 0 amide bonds. The summed E-state index contributed by atoms with van der Waals surface area (Å²) in [5.74, 6) is 0. The van der Waals surface area contributed by atoms with Gasteiger partial charge in [-0.2, -0.15) is 5.10 Å². The molecule has 0 N–H and O–H groups in total. The largest absolute Gasteiger partial charge is 0.241 e. The molecule has 0 unspecified atom stereocenters. The summed E-state index contributed by atoms with van der Waals surface area (Å²) in [6.07, 6.45) is 5.07. The van der Waals surface area contributed by atoms with Gasteiger partial charge in [-0.1, -0.05) is 0 Å². The minimum atomic E-state index is 1.15. The summed E-state index contributed by atoms with van der Waals surface area (Å²) in [6, 6.07) is 4.14. The zero-order valence-corrected chi connectivity index (χ0v) is 5.41. The number of nitrogens with zero attached hydrogens (tertiary/aromatic N) is 2. The molecule has 2 aromatic heterocycles. The molecule has 10 heavy (non-hydrogen) atoms. The molecule has 0 atom stereocenters. The van der Waals surface area contributed by atoms with Gasteiger partial charge in [0.15, 0.2) is 0 Å². The van der Waals surface area contributed by atoms with E-state index >= 15 is 0 Å². The maximum atomic E-state index is 4.21. The summed E-state index contributed by atoms with van der Waals surface area (Å²) in [5.41, 5.74) is 4.16. The molecule has 0 aromatic carbocycles. The van der Waals surface area contributed by atoms with E-state index in [-0.39, 0.29) is 0 Å². The Kier molecular flexibility index (Phi) is 0.556. The van der Waals surface area contributed by atoms with Crippen molar-refractivity contribution in [2.75, 3.05) is 0 Å². The van der Waals surface area contributed by atoms with Crippen LogP contribution in [0.3, 0.4) is 0 Å². The Bertz CT molecular complexity index is 401. The van der Waals surface area contributed by atoms with Crippen molar-refractivity contribution in [2.45, 2.75) is 6.42 Å². The summed E-state index contributed by atoms with van der Waals surface area (Å²) in [7, 11) is 0. The molecule has 48 valence electrons. The fraction of sp³-hybridized carbons (Fsp3) is 0.125. The molecule has 0 radical (unpaired) electrons. The Morgan fingerprint density at radius 2 is 2.50 bits per heavy atom. The normalized spacial score (nSPS) is 13.6. The van der Waals surface area contributed by atoms with E-state index in [1.54, 1.807) is 0 Å². The first kappa shape index (κ1) is 4.50. The molecule has 0 saturated carbocycles. The van der Waals surface area contributed by atoms with Crippen molar-refractivity contribution in [3.05, 3.63) is 35.7 Å². The minimum absolute atomic E-state index is 1.15. The molecule has 2 nitrogen and oxygen atoms in total. The third-order valence-electron chi connectivity index (χ3n) is 2.01. The highest BCUT2D eigenvalue weighted by molar-refractivity contribution is 5.66. The van der Waals surface area contributed by atoms with E-state index in [0.717, 1.165) is 6.42 Å². The molecule has 2 heteroatoms. The Labute approximate surface area is 58.1 Å². The van der Waals surface area contributed by atoms with E-state index in [0.29, 0.717) is 0 Å². The van der Waals surface area contributed by atoms with Crippen LogP contribution >= 0.6 is 0 Å². The van der Waals surface area contributed by atoms with Gasteiger partial charge in [-0.3, -0.25) is 0 Å². The topological polar surface area (TPSA) is 17.3 Å². The van der Waals surface area contributed by atoms with Gasteiger partial charge < -0.3 is 0 Å². The second-order valence-electron chi connectivity index (χ2n) is 2.66. The summed E-state index contributed by atoms with van der Waals surface area (Å²) in [5, 5.41) is 4.21. The smallest absolute Gasteiger partial charge is 0.0684 e. The molecular weight excluding hydrogens is 124 g/mol. The van der Waals surface area contributed by atoms with Gasteiger partial charge in [-0.25, -0.2) is 4.52 Å². The molecule has 1 aliphatic carbocycles. The molecule has 0 aliphatic heterocycles. The van der Waals surface area contributed by atoms with Crippen LogP contribution in [0.1, 0.15) is 11.1 Å². The lowest BCUT2D eigenvalue weighted by molar-refractivity contribution is 0.945. The van der Waals surface area contributed by atoms with Crippen molar-refractivity contribution < 1.29 is 0 Å². The second-order valence-corrected chi connectivity index (χ2v) is 2.66. The van der Waals surface area contributed by atoms with Gasteiger partial charge in [0.05, 0.1) is 11.7 Å². The number of fused-ring (bicyclic) bond motifs is 3. The highest BCUT2D eigenvalue weighted by atomic mass is 15.2. The van der Waals surface area contributed by atoms with Gasteiger partial charge in [0.25, 0.3) is 0 Å². The molecule has 0 saturated heterocycles. The van der Waals surface area contributed by atoms with Crippen LogP contribution in [-0.4, -0.2) is 9.61 Å². The lowest BCUT2D eigenvalue weighted by Gasteiger charge is -1.87. The van der Waals surface area contributed by atoms with Crippen molar-refractivity contribution >= 4 is 5.52 Å². The zero-order valence-electron chi connectivity index (χ0n) is 5.41. The van der Waals surface area contributed by atoms with Gasteiger partial charge in [0.2, 0.25) is 0 Å². The Morgan fingerprint density at radius 3 is 3.50 bits per heavy atom. The summed E-state index contributed by atoms with van der Waals surface area (Å²) >= 11 is 0. The highest BCUT2D eigenvalue weighted by Crippen LogP contribution is 2.30. The van der Waals surface area contributed by atoms with Crippen LogP contribution in [-0.2, 0) is 6.42 Å². The molecule has 0 spiro atoms. The fourth-order valence-electron chi connectivity index (χ4n) is 1.37. The quantitative estimate of drug-likeness (QED) is 0.447. The fourth-order valence-corrected chi connectivity index (χ4v) is 1.37. The van der Waals surface area contributed by atoms with E-state index in [1.807, 2.05) is 23.0 Å². The van der Waals surface area contributed by atoms with Gasteiger partial charge >= 0.3 is 0 Å². The van der Waals surface area contributed by atoms with Crippen LogP contribution in [0.5, 0.6) is 0 Å². The van der Waals surface area contributed by atoms with E-state index in [9.17, 15) is 0 Å². The van der Waals surface area contributed by atoms with Gasteiger partial charge in [0.1, 0.15) is 0 Å². The molecule has 0 bridgehead atoms. The molecule has 0 fully saturated rings. The monoisotopic (exact) mass is 130 g/mol. The zero-order chi connectivity index (χ0) is 6.55. The maximum Gasteiger partial charge on any atom is 0.0684 e. The second kappa shape index (κ2) is 1.24. The molecule has 1 aliphatic rings. The number of hydrogen-bond donors (Lipinski definition) is 0. The van der Waals surface area contributed by atoms with E-state index in [2.05, 4.69) is 11.2 Å². The Balaban J connectivity index is 2.64. The Hall–Kier alpha value is -1.31. The third kappa shape index (κ3) is 0.386. The highest BCUT2D eigenvalue weighted by Gasteiger charge is 2.20. The van der Waals surface area contributed by atoms with Crippen LogP contribution in [0.4, 0.5) is 0 Å². The maximum absolute atomic E-state index is 4.21. The molecule has 2 heterocycles. The van der Waals surface area contributed by atoms with Crippen LogP contribution in [0.2, 0.25) is 0 Å². The van der Waals surface area contributed by atoms with E-state index in [4.69, 9.17) is 0 Å². The van der Waals surface area contributed by atoms with Crippen LogP contribution in [0.25, 0.3) is 5.52 Å². The average Bonchev–Trinajstić information content (AvgIpc) is 2.60. The Morgan fingerprint density at radius 1 is 1.50 bits per heavy atom. The van der Waals surface area contributed by atoms with Crippen molar-refractivity contribution in [1.82, 2.24) is 9.61 Å². The summed E-state index contributed by atoms with van der Waals surface area (Å²) in [4.78, 5) is 0. The first-order chi connectivity index (χ1) is 4.95. The number of rotatable bonds is 0. The van der Waals surface area contributed by atoms with E-state index in [1.165, 1.54) is 16.6 Å². The predicted molar refractivity (Wildman–Crippen MR) is 38.0 cm³/mol. The van der Waals surface area contributed by atoms with Crippen molar-refractivity contribution in [3.8, 4) is 0 Å². The summed E-state index contributed by atoms with van der Waals surface area (Å²) < 4.78 is 1.92. The molecule has 3 rings (SSSR count). The first-order valence-corrected chi connectivity index (χ1v) is 3.39. The minimum Gasteiger partial charge on any atom is -0.241 e. The predicted octanol–water partition coefficient (Wildman–Crippen LogP) is 1.24. The van der Waals surface area contributed by atoms with Crippen molar-refractivity contribution in [1.29, 1.82) is 0 Å². The standard InChI is InChI=1S/C8H6N2/c1-2-8-7-4-6(7)5-9-10(8)3-1/h1-3,5H,4H2. The van der Waals surface area contributed by atoms with Gasteiger partial charge in [-0.15, -0.1) is 0 Å². The van der Waals surface area contributed by atoms with Gasteiger partial charge in [0, 0.05) is 12.6 Å². The lowest BCUT2D eigenvalue weighted by Crippen LogP contribution is -1.84. The first-order valence-electron chi connectivity index (χ1n) is 3.39. The molecule has 2 aromatic rings. The SMILES string of the molecule is c1cc2c3c(cnn2c1)C3. The number of aromatic nitrogens is 2. The van der Waals surface area contributed by atoms with Crippen molar-refractivity contribution in [2.24, 2.45) is 0 Å². The van der Waals surface area contributed by atoms with Gasteiger partial charge in [-0.05, 0) is 23.3 Å². The van der Waals surface area contributed by atoms with E-state index < -0.39 is 0 Å². The van der Waals surface area contributed by atoms with Crippen LogP contribution in [0.15, 0.2) is 24.5 Å². The third-order valence-corrected chi connectivity index (χ3v) is 2.01. The number of hydrogen-bond acceptors (Lipinski definition) is 1. The lowest BCUT2D eigenvalue weighted by atomic mass is 10.4. The van der Waals surface area contributed by atoms with Crippen LogP contribution in [0, 0.1) is 0 Å².